The van der Waals surface area contributed by atoms with Gasteiger partial charge in [-0.05, 0) is 31.2 Å². The monoisotopic (exact) mass is 356 g/mol. The zero-order chi connectivity index (χ0) is 17.6. The number of sulfone groups is 1. The van der Waals surface area contributed by atoms with E-state index in [0.717, 1.165) is 16.9 Å². The Morgan fingerprint density at radius 2 is 1.52 bits per heavy atom. The molecule has 0 aliphatic carbocycles. The summed E-state index contributed by atoms with van der Waals surface area (Å²) in [4.78, 5) is 16.5. The van der Waals surface area contributed by atoms with E-state index >= 15 is 0 Å². The number of para-hydroxylation sites is 1. The third-order valence-electron chi connectivity index (χ3n) is 5.00. The van der Waals surface area contributed by atoms with Gasteiger partial charge in [0.05, 0.1) is 30.1 Å². The molecule has 25 heavy (non-hydrogen) atoms. The van der Waals surface area contributed by atoms with Crippen molar-refractivity contribution in [3.63, 3.8) is 0 Å². The van der Waals surface area contributed by atoms with E-state index in [1.165, 1.54) is 0 Å². The smallest absolute Gasteiger partial charge is 0.246 e. The Labute approximate surface area is 147 Å². The Hall–Kier alpha value is -2.34. The Bertz CT molecular complexity index is 894. The average Bonchev–Trinajstić information content (AvgIpc) is 2.91. The molecule has 2 aromatic carbocycles. The lowest BCUT2D eigenvalue weighted by Gasteiger charge is -2.44. The summed E-state index contributed by atoms with van der Waals surface area (Å²) in [7, 11) is -3.18. The number of aryl methyl sites for hydroxylation is 1. The van der Waals surface area contributed by atoms with Gasteiger partial charge in [0.25, 0.3) is 0 Å². The van der Waals surface area contributed by atoms with Crippen LogP contribution in [-0.2, 0) is 14.6 Å². The van der Waals surface area contributed by atoms with Gasteiger partial charge in [0.2, 0.25) is 5.91 Å². The summed E-state index contributed by atoms with van der Waals surface area (Å²) in [6, 6.07) is 16.7. The fourth-order valence-corrected chi connectivity index (χ4v) is 5.77. The summed E-state index contributed by atoms with van der Waals surface area (Å²) in [6.45, 7) is 2.18. The van der Waals surface area contributed by atoms with E-state index in [-0.39, 0.29) is 36.0 Å². The first-order chi connectivity index (χ1) is 11.9. The maximum absolute atomic E-state index is 12.9. The van der Waals surface area contributed by atoms with Gasteiger partial charge >= 0.3 is 0 Å². The number of rotatable bonds is 2. The molecule has 5 nitrogen and oxygen atoms in total. The highest BCUT2D eigenvalue weighted by Crippen LogP contribution is 2.34. The standard InChI is InChI=1S/C19H20N2O3S/c1-14-7-9-16(10-8-14)21-18-13-25(23,24)12-17(18)20(11-19(21)22)15-5-3-2-4-6-15/h2-10,17-18H,11-13H2,1H3. The fraction of sp³-hybridized carbons (Fsp3) is 0.316. The molecule has 130 valence electrons. The van der Waals surface area contributed by atoms with Crippen LogP contribution in [-0.4, -0.2) is 44.5 Å². The summed E-state index contributed by atoms with van der Waals surface area (Å²) in [6.07, 6.45) is 0. The zero-order valence-corrected chi connectivity index (χ0v) is 14.8. The summed E-state index contributed by atoms with van der Waals surface area (Å²) < 4.78 is 24.7. The van der Waals surface area contributed by atoms with Crippen molar-refractivity contribution in [2.45, 2.75) is 19.0 Å². The molecule has 4 rings (SSSR count). The first-order valence-electron chi connectivity index (χ1n) is 8.35. The van der Waals surface area contributed by atoms with Gasteiger partial charge in [0.15, 0.2) is 9.84 Å². The fourth-order valence-electron chi connectivity index (χ4n) is 3.82. The zero-order valence-electron chi connectivity index (χ0n) is 14.0. The summed E-state index contributed by atoms with van der Waals surface area (Å²) in [5.41, 5.74) is 2.77. The van der Waals surface area contributed by atoms with Crippen molar-refractivity contribution in [3.8, 4) is 0 Å². The van der Waals surface area contributed by atoms with Gasteiger partial charge in [0, 0.05) is 11.4 Å². The third kappa shape index (κ3) is 2.91. The average molecular weight is 356 g/mol. The van der Waals surface area contributed by atoms with Crippen LogP contribution >= 0.6 is 0 Å². The Morgan fingerprint density at radius 3 is 2.20 bits per heavy atom. The molecule has 2 saturated heterocycles. The van der Waals surface area contributed by atoms with Gasteiger partial charge in [-0.3, -0.25) is 4.79 Å². The van der Waals surface area contributed by atoms with Crippen molar-refractivity contribution < 1.29 is 13.2 Å². The number of benzene rings is 2. The van der Waals surface area contributed by atoms with E-state index in [4.69, 9.17) is 0 Å². The highest BCUT2D eigenvalue weighted by atomic mass is 32.2. The van der Waals surface area contributed by atoms with Crippen molar-refractivity contribution >= 4 is 27.1 Å². The molecule has 2 atom stereocenters. The van der Waals surface area contributed by atoms with Gasteiger partial charge in [-0.25, -0.2) is 8.42 Å². The number of piperazine rings is 1. The Kier molecular flexibility index (Phi) is 3.80. The third-order valence-corrected chi connectivity index (χ3v) is 6.70. The number of hydrogen-bond acceptors (Lipinski definition) is 4. The van der Waals surface area contributed by atoms with Crippen LogP contribution in [0.3, 0.4) is 0 Å². The molecular weight excluding hydrogens is 336 g/mol. The molecule has 2 aromatic rings. The van der Waals surface area contributed by atoms with Gasteiger partial charge in [-0.1, -0.05) is 35.9 Å². The minimum atomic E-state index is -3.18. The van der Waals surface area contributed by atoms with Gasteiger partial charge in [-0.15, -0.1) is 0 Å². The predicted molar refractivity (Wildman–Crippen MR) is 98.7 cm³/mol. The van der Waals surface area contributed by atoms with Crippen LogP contribution in [0.25, 0.3) is 0 Å². The molecule has 0 saturated carbocycles. The first-order valence-corrected chi connectivity index (χ1v) is 10.2. The minimum absolute atomic E-state index is 0.0145. The van der Waals surface area contributed by atoms with E-state index in [0.29, 0.717) is 0 Å². The molecule has 2 unspecified atom stereocenters. The maximum atomic E-state index is 12.9. The molecule has 0 radical (unpaired) electrons. The number of anilines is 2. The summed E-state index contributed by atoms with van der Waals surface area (Å²) in [5, 5.41) is 0. The second-order valence-corrected chi connectivity index (χ2v) is 8.93. The van der Waals surface area contributed by atoms with E-state index in [2.05, 4.69) is 0 Å². The quantitative estimate of drug-likeness (QED) is 0.826. The van der Waals surface area contributed by atoms with Crippen LogP contribution in [0.5, 0.6) is 0 Å². The van der Waals surface area contributed by atoms with Gasteiger partial charge < -0.3 is 9.80 Å². The van der Waals surface area contributed by atoms with Crippen molar-refractivity contribution in [2.75, 3.05) is 27.9 Å². The number of nitrogens with zero attached hydrogens (tertiary/aromatic N) is 2. The van der Waals surface area contributed by atoms with Crippen LogP contribution in [0.4, 0.5) is 11.4 Å². The first kappa shape index (κ1) is 16.1. The Balaban J connectivity index is 1.75. The molecular formula is C19H20N2O3S. The largest absolute Gasteiger partial charge is 0.356 e. The molecule has 0 spiro atoms. The number of hydrogen-bond donors (Lipinski definition) is 0. The number of amides is 1. The van der Waals surface area contributed by atoms with E-state index in [1.807, 2.05) is 66.4 Å². The molecule has 0 aromatic heterocycles. The van der Waals surface area contributed by atoms with Gasteiger partial charge in [0.1, 0.15) is 0 Å². The highest BCUT2D eigenvalue weighted by molar-refractivity contribution is 7.91. The van der Waals surface area contributed by atoms with Crippen molar-refractivity contribution in [1.29, 1.82) is 0 Å². The maximum Gasteiger partial charge on any atom is 0.246 e. The number of fused-ring (bicyclic) bond motifs is 1. The summed E-state index contributed by atoms with van der Waals surface area (Å²) >= 11 is 0. The number of carbonyl (C=O) groups is 1. The van der Waals surface area contributed by atoms with Gasteiger partial charge in [-0.2, -0.15) is 0 Å². The van der Waals surface area contributed by atoms with Crippen LogP contribution < -0.4 is 9.80 Å². The van der Waals surface area contributed by atoms with Crippen LogP contribution in [0.1, 0.15) is 5.56 Å². The number of carbonyl (C=O) groups excluding carboxylic acids is 1. The van der Waals surface area contributed by atoms with Crippen LogP contribution in [0.2, 0.25) is 0 Å². The predicted octanol–water partition coefficient (Wildman–Crippen LogP) is 2.01. The van der Waals surface area contributed by atoms with Crippen LogP contribution in [0.15, 0.2) is 54.6 Å². The molecule has 2 aliphatic rings. The normalized spacial score (nSPS) is 25.1. The van der Waals surface area contributed by atoms with E-state index < -0.39 is 9.84 Å². The molecule has 0 N–H and O–H groups in total. The lowest BCUT2D eigenvalue weighted by Crippen LogP contribution is -2.62. The van der Waals surface area contributed by atoms with Crippen molar-refractivity contribution in [1.82, 2.24) is 0 Å². The lowest BCUT2D eigenvalue weighted by molar-refractivity contribution is -0.118. The lowest BCUT2D eigenvalue weighted by atomic mass is 10.0. The molecule has 2 fully saturated rings. The molecule has 0 bridgehead atoms. The summed E-state index contributed by atoms with van der Waals surface area (Å²) in [5.74, 6) is 0.0362. The molecule has 2 aliphatic heterocycles. The Morgan fingerprint density at radius 1 is 0.880 bits per heavy atom. The highest BCUT2D eigenvalue weighted by Gasteiger charge is 2.49. The SMILES string of the molecule is Cc1ccc(N2C(=O)CN(c3ccccc3)C3CS(=O)(=O)CC32)cc1. The molecule has 6 heteroatoms. The molecule has 2 heterocycles. The van der Waals surface area contributed by atoms with E-state index in [9.17, 15) is 13.2 Å². The van der Waals surface area contributed by atoms with Crippen molar-refractivity contribution in [3.05, 3.63) is 60.2 Å². The molecule has 1 amide bonds. The second-order valence-electron chi connectivity index (χ2n) is 6.77. The van der Waals surface area contributed by atoms with Crippen LogP contribution in [0, 0.1) is 6.92 Å². The van der Waals surface area contributed by atoms with Crippen molar-refractivity contribution in [2.24, 2.45) is 0 Å². The topological polar surface area (TPSA) is 57.7 Å². The van der Waals surface area contributed by atoms with E-state index in [1.54, 1.807) is 4.90 Å². The minimum Gasteiger partial charge on any atom is -0.356 e. The second kappa shape index (κ2) is 5.88.